The van der Waals surface area contributed by atoms with Crippen LogP contribution < -0.4 is 10.1 Å². The van der Waals surface area contributed by atoms with Gasteiger partial charge in [-0.1, -0.05) is 19.1 Å². The van der Waals surface area contributed by atoms with Crippen molar-refractivity contribution in [3.63, 3.8) is 0 Å². The Labute approximate surface area is 141 Å². The first-order chi connectivity index (χ1) is 11.5. The molecule has 1 heterocycles. The van der Waals surface area contributed by atoms with Crippen molar-refractivity contribution >= 4 is 17.8 Å². The van der Waals surface area contributed by atoms with Gasteiger partial charge in [0.15, 0.2) is 0 Å². The quantitative estimate of drug-likeness (QED) is 0.856. The van der Waals surface area contributed by atoms with Crippen LogP contribution in [0.3, 0.4) is 0 Å². The summed E-state index contributed by atoms with van der Waals surface area (Å²) in [6.45, 7) is 2.06. The van der Waals surface area contributed by atoms with Gasteiger partial charge in [-0.2, -0.15) is 0 Å². The normalized spacial score (nSPS) is 15.7. The maximum Gasteiger partial charge on any atom is 0.324 e. The molecular weight excluding hydrogens is 310 g/mol. The highest BCUT2D eigenvalue weighted by molar-refractivity contribution is 6.00. The van der Waals surface area contributed by atoms with E-state index in [0.29, 0.717) is 13.0 Å². The van der Waals surface area contributed by atoms with Gasteiger partial charge >= 0.3 is 6.03 Å². The van der Waals surface area contributed by atoms with Crippen LogP contribution in [0.15, 0.2) is 24.3 Å². The van der Waals surface area contributed by atoms with E-state index in [4.69, 9.17) is 4.74 Å². The molecule has 0 saturated carbocycles. The van der Waals surface area contributed by atoms with Crippen molar-refractivity contribution in [1.82, 2.24) is 15.1 Å². The van der Waals surface area contributed by atoms with Gasteiger partial charge in [-0.3, -0.25) is 14.5 Å². The number of ether oxygens (including phenoxy) is 1. The Morgan fingerprint density at radius 1 is 1.33 bits per heavy atom. The van der Waals surface area contributed by atoms with E-state index in [2.05, 4.69) is 5.32 Å². The Balaban J connectivity index is 2.08. The number of amides is 4. The van der Waals surface area contributed by atoms with Crippen LogP contribution in [0.4, 0.5) is 4.79 Å². The molecule has 2 rings (SSSR count). The first-order valence-corrected chi connectivity index (χ1v) is 7.95. The molecule has 1 aromatic carbocycles. The standard InChI is InChI=1S/C17H23N3O4/c1-4-14(12-5-7-13(24-3)8-6-12)19(2)16(22)11-20-15(21)9-10-18-17(20)23/h5-8,14H,4,9-11H2,1-3H3,(H,18,23). The summed E-state index contributed by atoms with van der Waals surface area (Å²) in [5.41, 5.74) is 0.976. The van der Waals surface area contributed by atoms with Crippen molar-refractivity contribution < 1.29 is 19.1 Å². The van der Waals surface area contributed by atoms with Crippen LogP contribution in [-0.4, -0.2) is 54.9 Å². The van der Waals surface area contributed by atoms with Crippen molar-refractivity contribution in [3.05, 3.63) is 29.8 Å². The van der Waals surface area contributed by atoms with Gasteiger partial charge in [0, 0.05) is 20.0 Å². The second kappa shape index (κ2) is 7.81. The van der Waals surface area contributed by atoms with Gasteiger partial charge in [0.2, 0.25) is 11.8 Å². The minimum Gasteiger partial charge on any atom is -0.497 e. The average Bonchev–Trinajstić information content (AvgIpc) is 2.59. The van der Waals surface area contributed by atoms with Crippen LogP contribution >= 0.6 is 0 Å². The minimum atomic E-state index is -0.509. The van der Waals surface area contributed by atoms with Gasteiger partial charge in [0.1, 0.15) is 12.3 Å². The molecule has 1 aliphatic rings. The van der Waals surface area contributed by atoms with Crippen LogP contribution in [0.25, 0.3) is 0 Å². The number of carbonyl (C=O) groups excluding carboxylic acids is 3. The van der Waals surface area contributed by atoms with E-state index in [9.17, 15) is 14.4 Å². The third-order valence-electron chi connectivity index (χ3n) is 4.20. The molecule has 1 N–H and O–H groups in total. The summed E-state index contributed by atoms with van der Waals surface area (Å²) in [6, 6.07) is 6.87. The number of hydrogen-bond donors (Lipinski definition) is 1. The molecule has 0 radical (unpaired) electrons. The molecule has 1 unspecified atom stereocenters. The molecule has 1 saturated heterocycles. The number of rotatable bonds is 6. The van der Waals surface area contributed by atoms with Crippen molar-refractivity contribution in [2.45, 2.75) is 25.8 Å². The number of benzene rings is 1. The summed E-state index contributed by atoms with van der Waals surface area (Å²) in [6.07, 6.45) is 0.938. The summed E-state index contributed by atoms with van der Waals surface area (Å²) in [5.74, 6) is 0.152. The molecule has 4 amide bonds. The number of hydrogen-bond acceptors (Lipinski definition) is 4. The molecule has 24 heavy (non-hydrogen) atoms. The number of carbonyl (C=O) groups is 3. The summed E-state index contributed by atoms with van der Waals surface area (Å²) < 4.78 is 5.15. The lowest BCUT2D eigenvalue weighted by Crippen LogP contribution is -2.53. The molecule has 1 aliphatic heterocycles. The maximum absolute atomic E-state index is 12.5. The monoisotopic (exact) mass is 333 g/mol. The number of likely N-dealkylation sites (N-methyl/N-ethyl adjacent to an activating group) is 1. The largest absolute Gasteiger partial charge is 0.497 e. The predicted octanol–water partition coefficient (Wildman–Crippen LogP) is 1.55. The number of nitrogens with one attached hydrogen (secondary N) is 1. The molecule has 0 aliphatic carbocycles. The second-order valence-electron chi connectivity index (χ2n) is 5.66. The van der Waals surface area contributed by atoms with Crippen molar-refractivity contribution in [1.29, 1.82) is 0 Å². The van der Waals surface area contributed by atoms with Crippen LogP contribution in [0.5, 0.6) is 5.75 Å². The molecule has 0 spiro atoms. The number of imide groups is 1. The third-order valence-corrected chi connectivity index (χ3v) is 4.20. The average molecular weight is 333 g/mol. The lowest BCUT2D eigenvalue weighted by Gasteiger charge is -2.31. The highest BCUT2D eigenvalue weighted by atomic mass is 16.5. The Morgan fingerprint density at radius 3 is 2.54 bits per heavy atom. The molecule has 1 aromatic rings. The van der Waals surface area contributed by atoms with Crippen LogP contribution in [0.2, 0.25) is 0 Å². The van der Waals surface area contributed by atoms with Crippen LogP contribution in [0, 0.1) is 0 Å². The van der Waals surface area contributed by atoms with Gasteiger partial charge < -0.3 is 15.0 Å². The van der Waals surface area contributed by atoms with Crippen molar-refractivity contribution in [2.75, 3.05) is 27.2 Å². The summed E-state index contributed by atoms with van der Waals surface area (Å²) in [7, 11) is 3.29. The van der Waals surface area contributed by atoms with Crippen LogP contribution in [-0.2, 0) is 9.59 Å². The van der Waals surface area contributed by atoms with E-state index in [1.54, 1.807) is 19.1 Å². The highest BCUT2D eigenvalue weighted by Gasteiger charge is 2.30. The number of urea groups is 1. The maximum atomic E-state index is 12.5. The van der Waals surface area contributed by atoms with Gasteiger partial charge in [-0.25, -0.2) is 4.79 Å². The third kappa shape index (κ3) is 3.84. The Bertz CT molecular complexity index is 599. The Morgan fingerprint density at radius 2 is 2.00 bits per heavy atom. The zero-order valence-electron chi connectivity index (χ0n) is 14.2. The van der Waals surface area contributed by atoms with E-state index in [1.807, 2.05) is 31.2 Å². The zero-order chi connectivity index (χ0) is 17.7. The zero-order valence-corrected chi connectivity index (χ0v) is 14.2. The predicted molar refractivity (Wildman–Crippen MR) is 88.5 cm³/mol. The molecule has 130 valence electrons. The van der Waals surface area contributed by atoms with Crippen molar-refractivity contribution in [2.24, 2.45) is 0 Å². The molecule has 7 heteroatoms. The van der Waals surface area contributed by atoms with Gasteiger partial charge in [-0.05, 0) is 24.1 Å². The lowest BCUT2D eigenvalue weighted by molar-refractivity contribution is -0.139. The molecular formula is C17H23N3O4. The van der Waals surface area contributed by atoms with Gasteiger partial charge in [-0.15, -0.1) is 0 Å². The molecule has 1 atom stereocenters. The van der Waals surface area contributed by atoms with Gasteiger partial charge in [0.05, 0.1) is 13.2 Å². The fraction of sp³-hybridized carbons (Fsp3) is 0.471. The number of methoxy groups -OCH3 is 1. The minimum absolute atomic E-state index is 0.133. The molecule has 7 nitrogen and oxygen atoms in total. The number of nitrogens with zero attached hydrogens (tertiary/aromatic N) is 2. The van der Waals surface area contributed by atoms with Gasteiger partial charge in [0.25, 0.3) is 0 Å². The Hall–Kier alpha value is -2.57. The Kier molecular flexibility index (Phi) is 5.78. The lowest BCUT2D eigenvalue weighted by atomic mass is 10.0. The van der Waals surface area contributed by atoms with E-state index in [-0.39, 0.29) is 30.8 Å². The summed E-state index contributed by atoms with van der Waals surface area (Å²) >= 11 is 0. The first kappa shape index (κ1) is 17.8. The fourth-order valence-corrected chi connectivity index (χ4v) is 2.76. The van der Waals surface area contributed by atoms with E-state index in [1.165, 1.54) is 0 Å². The fourth-order valence-electron chi connectivity index (χ4n) is 2.76. The van der Waals surface area contributed by atoms with Crippen molar-refractivity contribution in [3.8, 4) is 5.75 Å². The summed E-state index contributed by atoms with van der Waals surface area (Å²) in [4.78, 5) is 38.7. The van der Waals surface area contributed by atoms with E-state index >= 15 is 0 Å². The molecule has 1 fully saturated rings. The molecule has 0 aromatic heterocycles. The first-order valence-electron chi connectivity index (χ1n) is 7.95. The van der Waals surface area contributed by atoms with Crippen LogP contribution in [0.1, 0.15) is 31.4 Å². The smallest absolute Gasteiger partial charge is 0.324 e. The second-order valence-corrected chi connectivity index (χ2v) is 5.66. The van der Waals surface area contributed by atoms with E-state index in [0.717, 1.165) is 16.2 Å². The highest BCUT2D eigenvalue weighted by Crippen LogP contribution is 2.25. The van der Waals surface area contributed by atoms with E-state index < -0.39 is 6.03 Å². The molecule has 0 bridgehead atoms. The topological polar surface area (TPSA) is 79.0 Å². The SMILES string of the molecule is CCC(c1ccc(OC)cc1)N(C)C(=O)CN1C(=O)CCNC1=O. The summed E-state index contributed by atoms with van der Waals surface area (Å²) in [5, 5.41) is 2.58.